The van der Waals surface area contributed by atoms with Gasteiger partial charge in [0.15, 0.2) is 11.6 Å². The lowest BCUT2D eigenvalue weighted by atomic mass is 9.92. The standard InChI is InChI=1S/C23H35ClFN7O4/c1-3-30(4-2)22(35)17-10-7-11-32(17)20-18(25)19(26-23(24)27-20)28-29-21(34)16(13-31(36)14-33)12-15-8-5-6-9-15/h14-17,36H,3-13H2,1-2H3,(H,29,34)(H,26,27,28)/t16-,17+/m1/s1. The first-order valence-electron chi connectivity index (χ1n) is 12.5. The van der Waals surface area contributed by atoms with Gasteiger partial charge in [0.2, 0.25) is 29.3 Å². The minimum absolute atomic E-state index is 0.104. The van der Waals surface area contributed by atoms with Gasteiger partial charge in [0.05, 0.1) is 12.5 Å². The Balaban J connectivity index is 1.75. The zero-order valence-corrected chi connectivity index (χ0v) is 21.5. The van der Waals surface area contributed by atoms with E-state index < -0.39 is 23.7 Å². The third-order valence-electron chi connectivity index (χ3n) is 6.99. The lowest BCUT2D eigenvalue weighted by Gasteiger charge is -2.30. The molecule has 1 aliphatic heterocycles. The van der Waals surface area contributed by atoms with Gasteiger partial charge < -0.3 is 9.80 Å². The molecule has 0 bridgehead atoms. The number of aromatic nitrogens is 2. The molecule has 1 aromatic rings. The lowest BCUT2D eigenvalue weighted by Crippen LogP contribution is -2.46. The Bertz CT molecular complexity index is 930. The van der Waals surface area contributed by atoms with Crippen LogP contribution >= 0.6 is 11.6 Å². The number of hydrogen-bond donors (Lipinski definition) is 3. The van der Waals surface area contributed by atoms with Crippen molar-refractivity contribution in [2.75, 3.05) is 36.5 Å². The number of amides is 3. The second-order valence-corrected chi connectivity index (χ2v) is 9.60. The number of nitrogens with one attached hydrogen (secondary N) is 2. The Morgan fingerprint density at radius 1 is 1.22 bits per heavy atom. The van der Waals surface area contributed by atoms with Crippen LogP contribution in [0.25, 0.3) is 0 Å². The summed E-state index contributed by atoms with van der Waals surface area (Å²) in [6, 6.07) is -0.567. The summed E-state index contributed by atoms with van der Waals surface area (Å²) in [7, 11) is 0. The van der Waals surface area contributed by atoms with Crippen molar-refractivity contribution < 1.29 is 24.0 Å². The van der Waals surface area contributed by atoms with E-state index in [9.17, 15) is 19.6 Å². The molecule has 200 valence electrons. The van der Waals surface area contributed by atoms with Crippen LogP contribution in [0.1, 0.15) is 58.8 Å². The van der Waals surface area contributed by atoms with Gasteiger partial charge >= 0.3 is 0 Å². The first-order chi connectivity index (χ1) is 17.3. The van der Waals surface area contributed by atoms with Crippen LogP contribution in [0, 0.1) is 17.7 Å². The predicted octanol–water partition coefficient (Wildman–Crippen LogP) is 2.59. The smallest absolute Gasteiger partial charge is 0.245 e. The van der Waals surface area contributed by atoms with Crippen LogP contribution in [-0.2, 0) is 14.4 Å². The fraction of sp³-hybridized carbons (Fsp3) is 0.696. The van der Waals surface area contributed by atoms with E-state index in [-0.39, 0.29) is 35.8 Å². The van der Waals surface area contributed by atoms with E-state index in [1.165, 1.54) is 0 Å². The van der Waals surface area contributed by atoms with Crippen molar-refractivity contribution in [2.45, 2.75) is 64.8 Å². The maximum atomic E-state index is 15.5. The van der Waals surface area contributed by atoms with Crippen molar-refractivity contribution in [3.63, 3.8) is 0 Å². The van der Waals surface area contributed by atoms with Crippen molar-refractivity contribution in [1.82, 2.24) is 25.4 Å². The monoisotopic (exact) mass is 527 g/mol. The Hall–Kier alpha value is -2.73. The summed E-state index contributed by atoms with van der Waals surface area (Å²) >= 11 is 6.08. The number of hydroxylamine groups is 2. The summed E-state index contributed by atoms with van der Waals surface area (Å²) in [6.45, 7) is 5.10. The van der Waals surface area contributed by atoms with E-state index in [0.29, 0.717) is 49.9 Å². The van der Waals surface area contributed by atoms with Gasteiger partial charge in [-0.1, -0.05) is 25.7 Å². The van der Waals surface area contributed by atoms with E-state index in [4.69, 9.17) is 11.6 Å². The third kappa shape index (κ3) is 6.73. The van der Waals surface area contributed by atoms with Crippen molar-refractivity contribution in [1.29, 1.82) is 0 Å². The Morgan fingerprint density at radius 2 is 1.92 bits per heavy atom. The number of hydrogen-bond acceptors (Lipinski definition) is 8. The average Bonchev–Trinajstić information content (AvgIpc) is 3.56. The number of carbonyl (C=O) groups excluding carboxylic acids is 3. The van der Waals surface area contributed by atoms with Crippen LogP contribution in [0.5, 0.6) is 0 Å². The highest BCUT2D eigenvalue weighted by Crippen LogP contribution is 2.32. The molecule has 2 fully saturated rings. The maximum absolute atomic E-state index is 15.5. The zero-order chi connectivity index (χ0) is 26.2. The summed E-state index contributed by atoms with van der Waals surface area (Å²) < 4.78 is 15.5. The number of nitrogens with zero attached hydrogens (tertiary/aromatic N) is 5. The number of carbonyl (C=O) groups is 3. The van der Waals surface area contributed by atoms with E-state index in [0.717, 1.165) is 25.7 Å². The molecule has 3 amide bonds. The molecule has 3 N–H and O–H groups in total. The van der Waals surface area contributed by atoms with Gasteiger partial charge in [0, 0.05) is 19.6 Å². The third-order valence-corrected chi connectivity index (χ3v) is 7.16. The van der Waals surface area contributed by atoms with Crippen LogP contribution < -0.4 is 15.8 Å². The van der Waals surface area contributed by atoms with Gasteiger partial charge in [-0.25, -0.2) is 5.06 Å². The topological polar surface area (TPSA) is 131 Å². The Morgan fingerprint density at radius 3 is 2.56 bits per heavy atom. The minimum Gasteiger partial charge on any atom is -0.342 e. The largest absolute Gasteiger partial charge is 0.342 e. The molecule has 1 saturated heterocycles. The average molecular weight is 528 g/mol. The quantitative estimate of drug-likeness (QED) is 0.164. The molecular weight excluding hydrogens is 493 g/mol. The van der Waals surface area contributed by atoms with E-state index in [2.05, 4.69) is 20.8 Å². The lowest BCUT2D eigenvalue weighted by molar-refractivity contribution is -0.154. The molecule has 1 aromatic heterocycles. The predicted molar refractivity (Wildman–Crippen MR) is 132 cm³/mol. The number of rotatable bonds is 12. The van der Waals surface area contributed by atoms with Gasteiger partial charge in [0.1, 0.15) is 6.04 Å². The number of hydrazine groups is 1. The molecule has 2 aliphatic rings. The van der Waals surface area contributed by atoms with Crippen molar-refractivity contribution in [2.24, 2.45) is 11.8 Å². The Kier molecular flexibility index (Phi) is 10.1. The molecular formula is C23H35ClFN7O4. The fourth-order valence-electron chi connectivity index (χ4n) is 5.11. The molecule has 0 radical (unpaired) electrons. The maximum Gasteiger partial charge on any atom is 0.245 e. The van der Waals surface area contributed by atoms with Crippen LogP contribution in [0.2, 0.25) is 5.28 Å². The highest BCUT2D eigenvalue weighted by atomic mass is 35.5. The number of halogens is 2. The van der Waals surface area contributed by atoms with E-state index in [1.807, 2.05) is 13.8 Å². The van der Waals surface area contributed by atoms with E-state index in [1.54, 1.807) is 9.80 Å². The molecule has 2 atom stereocenters. The SMILES string of the molecule is CCN(CC)C(=O)[C@@H]1CCCN1c1nc(Cl)nc(NNC(=O)[C@H](CC2CCCC2)CN(O)C=O)c1F. The van der Waals surface area contributed by atoms with Gasteiger partial charge in [-0.2, -0.15) is 14.4 Å². The first kappa shape index (κ1) is 27.9. The second-order valence-electron chi connectivity index (χ2n) is 9.27. The minimum atomic E-state index is -0.844. The summed E-state index contributed by atoms with van der Waals surface area (Å²) in [5.74, 6) is -2.31. The van der Waals surface area contributed by atoms with Crippen LogP contribution in [0.3, 0.4) is 0 Å². The van der Waals surface area contributed by atoms with Gasteiger partial charge in [-0.05, 0) is 50.6 Å². The van der Waals surface area contributed by atoms with Gasteiger partial charge in [-0.3, -0.25) is 30.4 Å². The summed E-state index contributed by atoms with van der Waals surface area (Å²) in [4.78, 5) is 48.0. The highest BCUT2D eigenvalue weighted by molar-refractivity contribution is 6.28. The zero-order valence-electron chi connectivity index (χ0n) is 20.8. The van der Waals surface area contributed by atoms with Gasteiger partial charge in [-0.15, -0.1) is 0 Å². The van der Waals surface area contributed by atoms with E-state index >= 15 is 4.39 Å². The van der Waals surface area contributed by atoms with Crippen LogP contribution in [-0.4, -0.2) is 75.6 Å². The fourth-order valence-corrected chi connectivity index (χ4v) is 5.27. The molecule has 1 aliphatic carbocycles. The Labute approximate surface area is 215 Å². The highest BCUT2D eigenvalue weighted by Gasteiger charge is 2.36. The molecule has 0 aromatic carbocycles. The molecule has 0 spiro atoms. The van der Waals surface area contributed by atoms with Gasteiger partial charge in [0.25, 0.3) is 0 Å². The normalized spacial score (nSPS) is 18.7. The molecule has 3 rings (SSSR count). The molecule has 1 saturated carbocycles. The molecule has 13 heteroatoms. The molecule has 2 heterocycles. The summed E-state index contributed by atoms with van der Waals surface area (Å²) in [6.07, 6.45) is 6.09. The summed E-state index contributed by atoms with van der Waals surface area (Å²) in [5, 5.41) is 9.84. The van der Waals surface area contributed by atoms with Crippen LogP contribution in [0.15, 0.2) is 0 Å². The first-order valence-corrected chi connectivity index (χ1v) is 12.9. The molecule has 36 heavy (non-hydrogen) atoms. The summed E-state index contributed by atoms with van der Waals surface area (Å²) in [5.41, 5.74) is 4.92. The van der Waals surface area contributed by atoms with Crippen molar-refractivity contribution >= 4 is 41.5 Å². The molecule has 11 nitrogen and oxygen atoms in total. The number of anilines is 2. The molecule has 0 unspecified atom stereocenters. The van der Waals surface area contributed by atoms with Crippen LogP contribution in [0.4, 0.5) is 16.0 Å². The van der Waals surface area contributed by atoms with Crippen molar-refractivity contribution in [3.8, 4) is 0 Å². The number of likely N-dealkylation sites (N-methyl/N-ethyl adjacent to an activating group) is 1. The second kappa shape index (κ2) is 13.0. The van der Waals surface area contributed by atoms with Crippen molar-refractivity contribution in [3.05, 3.63) is 11.1 Å².